The zero-order valence-corrected chi connectivity index (χ0v) is 18.0. The molecule has 1 fully saturated rings. The van der Waals surface area contributed by atoms with E-state index in [-0.39, 0.29) is 24.0 Å². The molecule has 6 nitrogen and oxygen atoms in total. The van der Waals surface area contributed by atoms with E-state index < -0.39 is 5.82 Å². The van der Waals surface area contributed by atoms with Crippen molar-refractivity contribution in [2.45, 2.75) is 30.6 Å². The number of ether oxygens (including phenoxy) is 1. The lowest BCUT2D eigenvalue weighted by Gasteiger charge is -2.11. The third-order valence-corrected chi connectivity index (χ3v) is 5.87. The molecule has 0 aliphatic heterocycles. The van der Waals surface area contributed by atoms with Crippen LogP contribution in [0.5, 0.6) is 5.75 Å². The maximum atomic E-state index is 13.8. The van der Waals surface area contributed by atoms with Gasteiger partial charge in [0.25, 0.3) is 0 Å². The van der Waals surface area contributed by atoms with Crippen LogP contribution in [0, 0.1) is 5.82 Å². The number of benzene rings is 2. The molecular weight excluding hydrogens is 450 g/mol. The van der Waals surface area contributed by atoms with E-state index >= 15 is 0 Å². The lowest BCUT2D eigenvalue weighted by Crippen LogP contribution is -2.16. The summed E-state index contributed by atoms with van der Waals surface area (Å²) in [5, 5.41) is 12.5. The molecule has 0 saturated heterocycles. The van der Waals surface area contributed by atoms with Crippen molar-refractivity contribution in [1.29, 1.82) is 0 Å². The second-order valence-corrected chi connectivity index (χ2v) is 8.47. The Kier molecular flexibility index (Phi) is 6.46. The summed E-state index contributed by atoms with van der Waals surface area (Å²) >= 11 is 13.2. The summed E-state index contributed by atoms with van der Waals surface area (Å²) in [7, 11) is 0. The van der Waals surface area contributed by atoms with Crippen molar-refractivity contribution in [2.75, 3.05) is 11.1 Å². The number of nitrogens with one attached hydrogen (secondary N) is 1. The van der Waals surface area contributed by atoms with E-state index in [4.69, 9.17) is 27.9 Å². The van der Waals surface area contributed by atoms with Crippen molar-refractivity contribution in [2.24, 2.45) is 0 Å². The highest BCUT2D eigenvalue weighted by molar-refractivity contribution is 7.99. The highest BCUT2D eigenvalue weighted by Gasteiger charge is 2.30. The minimum Gasteiger partial charge on any atom is -0.484 e. The summed E-state index contributed by atoms with van der Waals surface area (Å²) in [5.41, 5.74) is 0.0468. The molecule has 3 aromatic rings. The molecule has 10 heteroatoms. The minimum atomic E-state index is -0.544. The number of halogens is 3. The van der Waals surface area contributed by atoms with Gasteiger partial charge >= 0.3 is 0 Å². The molecule has 30 heavy (non-hydrogen) atoms. The van der Waals surface area contributed by atoms with Gasteiger partial charge in [0, 0.05) is 11.1 Å². The van der Waals surface area contributed by atoms with Crippen LogP contribution in [-0.4, -0.2) is 26.4 Å². The summed E-state index contributed by atoms with van der Waals surface area (Å²) in [5.74, 6) is 0.392. The van der Waals surface area contributed by atoms with Gasteiger partial charge in [-0.2, -0.15) is 0 Å². The molecule has 1 amide bonds. The monoisotopic (exact) mass is 466 g/mol. The van der Waals surface area contributed by atoms with Crippen LogP contribution in [0.4, 0.5) is 10.1 Å². The van der Waals surface area contributed by atoms with Crippen LogP contribution in [0.1, 0.15) is 24.7 Å². The fraction of sp³-hybridized carbons (Fsp3) is 0.250. The number of rotatable bonds is 8. The quantitative estimate of drug-likeness (QED) is 0.452. The average molecular weight is 467 g/mol. The summed E-state index contributed by atoms with van der Waals surface area (Å²) in [6, 6.07) is 11.5. The van der Waals surface area contributed by atoms with E-state index in [2.05, 4.69) is 15.5 Å². The number of anilines is 1. The molecular formula is C20H17Cl2FN4O2S. The molecule has 156 valence electrons. The van der Waals surface area contributed by atoms with Gasteiger partial charge in [0.15, 0.2) is 11.0 Å². The Labute approximate surface area is 186 Å². The zero-order valence-electron chi connectivity index (χ0n) is 15.6. The standard InChI is InChI=1S/C20H17Cl2FN4O2S/c21-12-5-8-15(23)16(9-12)24-19(28)11-30-20-26-25-18(27(20)13-6-7-13)10-29-17-4-2-1-3-14(17)22/h1-5,8-9,13H,6-7,10-11H2,(H,24,28). The van der Waals surface area contributed by atoms with E-state index in [1.54, 1.807) is 12.1 Å². The molecule has 2 aromatic carbocycles. The van der Waals surface area contributed by atoms with Gasteiger partial charge in [0.2, 0.25) is 5.91 Å². The van der Waals surface area contributed by atoms with Crippen molar-refractivity contribution < 1.29 is 13.9 Å². The lowest BCUT2D eigenvalue weighted by molar-refractivity contribution is -0.113. The van der Waals surface area contributed by atoms with E-state index in [0.29, 0.717) is 32.8 Å². The average Bonchev–Trinajstić information content (AvgIpc) is 3.48. The Morgan fingerprint density at radius 3 is 2.80 bits per heavy atom. The van der Waals surface area contributed by atoms with E-state index in [1.807, 2.05) is 16.7 Å². The van der Waals surface area contributed by atoms with Crippen LogP contribution in [0.15, 0.2) is 47.6 Å². The molecule has 1 aromatic heterocycles. The second kappa shape index (κ2) is 9.24. The van der Waals surface area contributed by atoms with Crippen molar-refractivity contribution in [3.05, 3.63) is 64.2 Å². The summed E-state index contributed by atoms with van der Waals surface area (Å²) in [6.45, 7) is 0.216. The van der Waals surface area contributed by atoms with Gasteiger partial charge < -0.3 is 10.1 Å². The van der Waals surface area contributed by atoms with Crippen molar-refractivity contribution >= 4 is 46.6 Å². The number of carbonyl (C=O) groups excluding carboxylic acids is 1. The van der Waals surface area contributed by atoms with Gasteiger partial charge in [0.05, 0.1) is 16.5 Å². The third-order valence-electron chi connectivity index (χ3n) is 4.38. The number of hydrogen-bond donors (Lipinski definition) is 1. The smallest absolute Gasteiger partial charge is 0.234 e. The Balaban J connectivity index is 1.40. The van der Waals surface area contributed by atoms with Crippen LogP contribution in [0.2, 0.25) is 10.0 Å². The Bertz CT molecular complexity index is 1070. The molecule has 0 spiro atoms. The molecule has 1 N–H and O–H groups in total. The van der Waals surface area contributed by atoms with Crippen LogP contribution >= 0.6 is 35.0 Å². The number of para-hydroxylation sites is 1. The van der Waals surface area contributed by atoms with Crippen molar-refractivity contribution in [3.8, 4) is 5.75 Å². The molecule has 0 radical (unpaired) electrons. The molecule has 0 atom stereocenters. The third kappa shape index (κ3) is 5.06. The normalized spacial score (nSPS) is 13.3. The predicted octanol–water partition coefficient (Wildman–Crippen LogP) is 5.37. The van der Waals surface area contributed by atoms with E-state index in [0.717, 1.165) is 12.8 Å². The topological polar surface area (TPSA) is 69.0 Å². The second-order valence-electron chi connectivity index (χ2n) is 6.68. The summed E-state index contributed by atoms with van der Waals surface area (Å²) in [4.78, 5) is 12.3. The van der Waals surface area contributed by atoms with Crippen LogP contribution in [0.3, 0.4) is 0 Å². The van der Waals surface area contributed by atoms with Crippen molar-refractivity contribution in [3.63, 3.8) is 0 Å². The van der Waals surface area contributed by atoms with Gasteiger partial charge in [-0.05, 0) is 43.2 Å². The first-order valence-corrected chi connectivity index (χ1v) is 10.9. The molecule has 1 aliphatic carbocycles. The Morgan fingerprint density at radius 1 is 1.23 bits per heavy atom. The van der Waals surface area contributed by atoms with Gasteiger partial charge in [0.1, 0.15) is 18.2 Å². The molecule has 1 saturated carbocycles. The largest absolute Gasteiger partial charge is 0.484 e. The number of carbonyl (C=O) groups is 1. The van der Waals surface area contributed by atoms with Crippen LogP contribution in [-0.2, 0) is 11.4 Å². The fourth-order valence-corrected chi connectivity index (χ4v) is 4.00. The Hall–Kier alpha value is -2.29. The van der Waals surface area contributed by atoms with Crippen LogP contribution in [0.25, 0.3) is 0 Å². The summed E-state index contributed by atoms with van der Waals surface area (Å²) in [6.07, 6.45) is 2.04. The van der Waals surface area contributed by atoms with Gasteiger partial charge in [-0.15, -0.1) is 10.2 Å². The van der Waals surface area contributed by atoms with Gasteiger partial charge in [-0.3, -0.25) is 9.36 Å². The first-order chi connectivity index (χ1) is 14.5. The van der Waals surface area contributed by atoms with Crippen molar-refractivity contribution in [1.82, 2.24) is 14.8 Å². The zero-order chi connectivity index (χ0) is 21.1. The number of hydrogen-bond acceptors (Lipinski definition) is 5. The number of amides is 1. The maximum absolute atomic E-state index is 13.8. The Morgan fingerprint density at radius 2 is 2.03 bits per heavy atom. The first-order valence-electron chi connectivity index (χ1n) is 9.20. The van der Waals surface area contributed by atoms with E-state index in [1.165, 1.54) is 30.0 Å². The fourth-order valence-electron chi connectivity index (χ4n) is 2.82. The number of aromatic nitrogens is 3. The molecule has 4 rings (SSSR count). The molecule has 1 heterocycles. The van der Waals surface area contributed by atoms with E-state index in [9.17, 15) is 9.18 Å². The number of nitrogens with zero attached hydrogens (tertiary/aromatic N) is 3. The predicted molar refractivity (Wildman–Crippen MR) is 115 cm³/mol. The van der Waals surface area contributed by atoms with Crippen LogP contribution < -0.4 is 10.1 Å². The number of thioether (sulfide) groups is 1. The molecule has 0 unspecified atom stereocenters. The SMILES string of the molecule is O=C(CSc1nnc(COc2ccccc2Cl)n1C1CC1)Nc1cc(Cl)ccc1F. The lowest BCUT2D eigenvalue weighted by atomic mass is 10.3. The first kappa shape index (κ1) is 21.0. The highest BCUT2D eigenvalue weighted by atomic mass is 35.5. The molecule has 1 aliphatic rings. The summed E-state index contributed by atoms with van der Waals surface area (Å²) < 4.78 is 21.6. The van der Waals surface area contributed by atoms with Gasteiger partial charge in [-0.1, -0.05) is 47.1 Å². The maximum Gasteiger partial charge on any atom is 0.234 e. The minimum absolute atomic E-state index is 0.0468. The van der Waals surface area contributed by atoms with Gasteiger partial charge in [-0.25, -0.2) is 4.39 Å². The molecule has 0 bridgehead atoms. The highest BCUT2D eigenvalue weighted by Crippen LogP contribution is 2.39.